The molecular weight excluding hydrogens is 288 g/mol. The standard InChI is InChI=1S/C13H16N6O3/c1-2-7-16-13(22)18-19(12(15)21)9-6-4-3-5-8(9)10(17-19)11(14)20/h3-6H,2,7H2,1H3,(H5-,14,15,16,18,20,21,22)/p+1. The first kappa shape index (κ1) is 15.4. The fourth-order valence-electron chi connectivity index (χ4n) is 2.13. The van der Waals surface area contributed by atoms with Crippen LogP contribution in [0.2, 0.25) is 0 Å². The lowest BCUT2D eigenvalue weighted by atomic mass is 10.1. The van der Waals surface area contributed by atoms with Crippen molar-refractivity contribution < 1.29 is 14.4 Å². The molecule has 1 unspecified atom stereocenters. The number of para-hydroxylation sites is 1. The number of quaternary nitrogens is 1. The van der Waals surface area contributed by atoms with Crippen LogP contribution in [-0.4, -0.2) is 30.2 Å². The van der Waals surface area contributed by atoms with Crippen molar-refractivity contribution in [1.82, 2.24) is 15.4 Å². The van der Waals surface area contributed by atoms with Gasteiger partial charge in [-0.05, 0) is 17.6 Å². The number of nitrogens with two attached hydrogens (primary N) is 2. The van der Waals surface area contributed by atoms with Crippen molar-refractivity contribution in [2.45, 2.75) is 13.3 Å². The summed E-state index contributed by atoms with van der Waals surface area (Å²) in [7, 11) is 0. The lowest BCUT2D eigenvalue weighted by Crippen LogP contribution is -2.64. The molecule has 0 spiro atoms. The van der Waals surface area contributed by atoms with E-state index in [4.69, 9.17) is 11.5 Å². The van der Waals surface area contributed by atoms with E-state index in [1.54, 1.807) is 24.3 Å². The number of hydrogen-bond acceptors (Lipinski definition) is 4. The Bertz CT molecular complexity index is 671. The van der Waals surface area contributed by atoms with Gasteiger partial charge in [-0.25, -0.2) is 9.59 Å². The smallest absolute Gasteiger partial charge is 0.364 e. The van der Waals surface area contributed by atoms with Crippen molar-refractivity contribution in [3.05, 3.63) is 29.8 Å². The summed E-state index contributed by atoms with van der Waals surface area (Å²) in [6, 6.07) is 4.82. The Kier molecular flexibility index (Phi) is 4.08. The molecule has 0 bridgehead atoms. The molecule has 0 fully saturated rings. The van der Waals surface area contributed by atoms with Crippen molar-refractivity contribution in [2.24, 2.45) is 16.6 Å². The second-order valence-electron chi connectivity index (χ2n) is 4.67. The number of hydrogen-bond donors (Lipinski definition) is 4. The molecule has 0 saturated heterocycles. The van der Waals surface area contributed by atoms with Gasteiger partial charge in [0.1, 0.15) is 0 Å². The number of fused-ring (bicyclic) bond motifs is 1. The average molecular weight is 305 g/mol. The molecule has 1 aromatic carbocycles. The maximum Gasteiger partial charge on any atom is 0.471 e. The van der Waals surface area contributed by atoms with Crippen LogP contribution in [0.25, 0.3) is 0 Å². The van der Waals surface area contributed by atoms with Gasteiger partial charge in [-0.15, -0.1) is 5.43 Å². The number of nitrogens with zero attached hydrogens (tertiary/aromatic N) is 2. The van der Waals surface area contributed by atoms with Gasteiger partial charge in [0, 0.05) is 17.3 Å². The SMILES string of the molecule is CCCNC(=O)N[N+]1(C(N)=O)N=C(C(N)=O)c2ccccc21. The predicted molar refractivity (Wildman–Crippen MR) is 80.4 cm³/mol. The van der Waals surface area contributed by atoms with E-state index in [0.29, 0.717) is 12.1 Å². The first-order valence-electron chi connectivity index (χ1n) is 6.67. The van der Waals surface area contributed by atoms with Gasteiger partial charge < -0.3 is 16.8 Å². The summed E-state index contributed by atoms with van der Waals surface area (Å²) < 4.78 is -1.04. The van der Waals surface area contributed by atoms with Crippen molar-refractivity contribution in [1.29, 1.82) is 0 Å². The minimum atomic E-state index is -1.04. The number of carbonyl (C=O) groups excluding carboxylic acids is 3. The van der Waals surface area contributed by atoms with E-state index < -0.39 is 22.7 Å². The molecule has 9 heteroatoms. The number of urea groups is 2. The Balaban J connectivity index is 2.49. The molecule has 22 heavy (non-hydrogen) atoms. The minimum Gasteiger partial charge on any atom is -0.364 e. The molecule has 1 heterocycles. The van der Waals surface area contributed by atoms with Gasteiger partial charge in [0.15, 0.2) is 0 Å². The van der Waals surface area contributed by atoms with Gasteiger partial charge in [-0.1, -0.05) is 19.1 Å². The first-order chi connectivity index (χ1) is 10.4. The van der Waals surface area contributed by atoms with E-state index in [0.717, 1.165) is 6.42 Å². The first-order valence-corrected chi connectivity index (χ1v) is 6.67. The molecule has 1 aliphatic rings. The summed E-state index contributed by atoms with van der Waals surface area (Å²) in [5.41, 5.74) is 13.6. The average Bonchev–Trinajstić information content (AvgIpc) is 2.82. The summed E-state index contributed by atoms with van der Waals surface area (Å²) in [5.74, 6) is -0.815. The summed E-state index contributed by atoms with van der Waals surface area (Å²) in [4.78, 5) is 35.4. The number of carbonyl (C=O) groups is 3. The number of nitrogens with one attached hydrogen (secondary N) is 2. The fourth-order valence-corrected chi connectivity index (χ4v) is 2.13. The number of benzene rings is 1. The number of rotatable bonds is 3. The van der Waals surface area contributed by atoms with Crippen LogP contribution in [0.3, 0.4) is 0 Å². The van der Waals surface area contributed by atoms with Crippen molar-refractivity contribution >= 4 is 29.4 Å². The molecule has 0 aromatic heterocycles. The molecule has 1 aromatic rings. The normalized spacial score (nSPS) is 19.0. The summed E-state index contributed by atoms with van der Waals surface area (Å²) in [6.45, 7) is 2.30. The zero-order valence-corrected chi connectivity index (χ0v) is 12.0. The van der Waals surface area contributed by atoms with Gasteiger partial charge >= 0.3 is 12.1 Å². The largest absolute Gasteiger partial charge is 0.471 e. The molecular formula is C13H17N6O3+. The maximum atomic E-state index is 12.0. The topological polar surface area (TPSA) is 140 Å². The van der Waals surface area contributed by atoms with Crippen LogP contribution in [0.5, 0.6) is 0 Å². The fraction of sp³-hybridized carbons (Fsp3) is 0.231. The Hall–Kier alpha value is -2.94. The molecule has 1 aliphatic heterocycles. The summed E-state index contributed by atoms with van der Waals surface area (Å²) >= 11 is 0. The molecule has 0 saturated carbocycles. The highest BCUT2D eigenvalue weighted by Gasteiger charge is 2.50. The molecule has 5 amide bonds. The molecule has 6 N–H and O–H groups in total. The van der Waals surface area contributed by atoms with E-state index in [-0.39, 0.29) is 11.4 Å². The van der Waals surface area contributed by atoms with Crippen LogP contribution >= 0.6 is 0 Å². The monoisotopic (exact) mass is 305 g/mol. The van der Waals surface area contributed by atoms with Crippen molar-refractivity contribution in [3.63, 3.8) is 0 Å². The quantitative estimate of drug-likeness (QED) is 0.579. The number of amides is 5. The van der Waals surface area contributed by atoms with Gasteiger partial charge in [-0.2, -0.15) is 0 Å². The van der Waals surface area contributed by atoms with Crippen LogP contribution in [0, 0.1) is 0 Å². The van der Waals surface area contributed by atoms with Gasteiger partial charge in [0.2, 0.25) is 11.4 Å². The highest BCUT2D eigenvalue weighted by Crippen LogP contribution is 2.33. The Morgan fingerprint density at radius 3 is 2.50 bits per heavy atom. The molecule has 0 aliphatic carbocycles. The highest BCUT2D eigenvalue weighted by molar-refractivity contribution is 6.47. The third-order valence-corrected chi connectivity index (χ3v) is 3.11. The molecule has 2 rings (SSSR count). The van der Waals surface area contributed by atoms with Crippen molar-refractivity contribution in [3.8, 4) is 0 Å². The third-order valence-electron chi connectivity index (χ3n) is 3.11. The molecule has 1 atom stereocenters. The molecule has 0 radical (unpaired) electrons. The van der Waals surface area contributed by atoms with E-state index in [1.165, 1.54) is 0 Å². The van der Waals surface area contributed by atoms with Gasteiger partial charge in [-0.3, -0.25) is 4.79 Å². The predicted octanol–water partition coefficient (Wildman–Crippen LogP) is -0.100. The lowest BCUT2D eigenvalue weighted by molar-refractivity contribution is -0.111. The maximum absolute atomic E-state index is 12.0. The van der Waals surface area contributed by atoms with Crippen molar-refractivity contribution in [2.75, 3.05) is 6.54 Å². The van der Waals surface area contributed by atoms with Crippen LogP contribution in [0.1, 0.15) is 18.9 Å². The minimum absolute atomic E-state index is 0.120. The zero-order chi connectivity index (χ0) is 16.3. The Morgan fingerprint density at radius 2 is 1.91 bits per heavy atom. The second-order valence-corrected chi connectivity index (χ2v) is 4.67. The van der Waals surface area contributed by atoms with Crippen LogP contribution < -0.4 is 26.9 Å². The van der Waals surface area contributed by atoms with Gasteiger partial charge in [0.25, 0.3) is 5.91 Å². The molecule has 116 valence electrons. The lowest BCUT2D eigenvalue weighted by Gasteiger charge is -2.23. The third kappa shape index (κ3) is 2.49. The van der Waals surface area contributed by atoms with Gasteiger partial charge in [0.05, 0.1) is 5.56 Å². The second kappa shape index (κ2) is 5.82. The van der Waals surface area contributed by atoms with E-state index in [2.05, 4.69) is 15.8 Å². The summed E-state index contributed by atoms with van der Waals surface area (Å²) in [6.07, 6.45) is 0.719. The Labute approximate surface area is 126 Å². The van der Waals surface area contributed by atoms with Crippen LogP contribution in [0.15, 0.2) is 29.4 Å². The zero-order valence-electron chi connectivity index (χ0n) is 12.0. The van der Waals surface area contributed by atoms with E-state index in [9.17, 15) is 14.4 Å². The van der Waals surface area contributed by atoms with Crippen LogP contribution in [0.4, 0.5) is 15.3 Å². The van der Waals surface area contributed by atoms with Crippen LogP contribution in [-0.2, 0) is 4.79 Å². The van der Waals surface area contributed by atoms with E-state index in [1.807, 2.05) is 6.92 Å². The number of primary amides is 2. The van der Waals surface area contributed by atoms with E-state index >= 15 is 0 Å². The molecule has 9 nitrogen and oxygen atoms in total. The highest BCUT2D eigenvalue weighted by atomic mass is 16.2. The Morgan fingerprint density at radius 1 is 1.23 bits per heavy atom. The summed E-state index contributed by atoms with van der Waals surface area (Å²) in [5, 5.41) is 6.52.